The molecule has 0 aromatic heterocycles. The van der Waals surface area contributed by atoms with Gasteiger partial charge in [-0.3, -0.25) is 0 Å². The van der Waals surface area contributed by atoms with Crippen molar-refractivity contribution in [2.45, 2.75) is 31.6 Å². The molecule has 0 spiro atoms. The molecule has 1 aliphatic rings. The first-order valence-electron chi connectivity index (χ1n) is 9.12. The summed E-state index contributed by atoms with van der Waals surface area (Å²) in [7, 11) is 0. The molecule has 0 bridgehead atoms. The molecule has 2 aromatic carbocycles. The summed E-state index contributed by atoms with van der Waals surface area (Å²) in [5, 5.41) is 0. The van der Waals surface area contributed by atoms with E-state index in [-0.39, 0.29) is 0 Å². The number of benzene rings is 2. The van der Waals surface area contributed by atoms with E-state index >= 15 is 0 Å². The molecule has 1 fully saturated rings. The van der Waals surface area contributed by atoms with Crippen LogP contribution >= 0.6 is 0 Å². The van der Waals surface area contributed by atoms with Gasteiger partial charge in [-0.25, -0.2) is 0 Å². The van der Waals surface area contributed by atoms with E-state index in [0.29, 0.717) is 11.8 Å². The monoisotopic (exact) mass is 321 g/mol. The lowest BCUT2D eigenvalue weighted by Gasteiger charge is -2.32. The van der Waals surface area contributed by atoms with Crippen molar-refractivity contribution in [3.05, 3.63) is 71.8 Å². The summed E-state index contributed by atoms with van der Waals surface area (Å²) in [5.74, 6) is 1.07. The van der Waals surface area contributed by atoms with Crippen molar-refractivity contribution in [2.24, 2.45) is 5.92 Å². The fourth-order valence-electron chi connectivity index (χ4n) is 3.79. The Morgan fingerprint density at radius 3 is 1.96 bits per heavy atom. The van der Waals surface area contributed by atoms with Crippen molar-refractivity contribution < 1.29 is 4.79 Å². The second-order valence-electron chi connectivity index (χ2n) is 6.85. The van der Waals surface area contributed by atoms with Gasteiger partial charge < -0.3 is 9.69 Å². The van der Waals surface area contributed by atoms with Crippen LogP contribution in [0.15, 0.2) is 60.7 Å². The van der Waals surface area contributed by atoms with E-state index in [1.54, 1.807) is 0 Å². The third-order valence-electron chi connectivity index (χ3n) is 5.27. The van der Waals surface area contributed by atoms with Crippen molar-refractivity contribution in [2.75, 3.05) is 19.6 Å². The minimum absolute atomic E-state index is 0.458. The SMILES string of the molecule is O=CCC1CCN(CCC(c2ccccc2)c2ccccc2)CC1. The van der Waals surface area contributed by atoms with Gasteiger partial charge in [0.2, 0.25) is 0 Å². The van der Waals surface area contributed by atoms with E-state index < -0.39 is 0 Å². The van der Waals surface area contributed by atoms with E-state index in [0.717, 1.165) is 38.8 Å². The summed E-state index contributed by atoms with van der Waals surface area (Å²) in [6.45, 7) is 3.39. The number of piperidine rings is 1. The molecule has 1 saturated heterocycles. The fraction of sp³-hybridized carbons (Fsp3) is 0.409. The normalized spacial score (nSPS) is 16.4. The molecular weight excluding hydrogens is 294 g/mol. The molecule has 0 aliphatic carbocycles. The maximum Gasteiger partial charge on any atom is 0.120 e. The molecule has 1 heterocycles. The second-order valence-corrected chi connectivity index (χ2v) is 6.85. The molecule has 3 rings (SSSR count). The van der Waals surface area contributed by atoms with Crippen LogP contribution in [-0.4, -0.2) is 30.8 Å². The molecule has 0 unspecified atom stereocenters. The fourth-order valence-corrected chi connectivity index (χ4v) is 3.79. The second kappa shape index (κ2) is 8.79. The molecule has 126 valence electrons. The maximum atomic E-state index is 10.7. The van der Waals surface area contributed by atoms with Gasteiger partial charge in [-0.15, -0.1) is 0 Å². The first-order chi connectivity index (χ1) is 11.9. The molecule has 0 atom stereocenters. The number of hydrogen-bond acceptors (Lipinski definition) is 2. The highest BCUT2D eigenvalue weighted by Crippen LogP contribution is 2.29. The summed E-state index contributed by atoms with van der Waals surface area (Å²) in [5.41, 5.74) is 2.80. The lowest BCUT2D eigenvalue weighted by molar-refractivity contribution is -0.108. The van der Waals surface area contributed by atoms with Gasteiger partial charge in [-0.1, -0.05) is 60.7 Å². The van der Waals surface area contributed by atoms with Crippen molar-refractivity contribution >= 4 is 6.29 Å². The minimum Gasteiger partial charge on any atom is -0.303 e. The molecule has 2 heteroatoms. The summed E-state index contributed by atoms with van der Waals surface area (Å²) < 4.78 is 0. The van der Waals surface area contributed by atoms with Gasteiger partial charge in [0, 0.05) is 12.3 Å². The maximum absolute atomic E-state index is 10.7. The summed E-state index contributed by atoms with van der Waals surface area (Å²) in [6.07, 6.45) is 5.30. The smallest absolute Gasteiger partial charge is 0.120 e. The van der Waals surface area contributed by atoms with E-state index in [4.69, 9.17) is 0 Å². The van der Waals surface area contributed by atoms with Crippen molar-refractivity contribution in [3.8, 4) is 0 Å². The number of likely N-dealkylation sites (tertiary alicyclic amines) is 1. The third kappa shape index (κ3) is 4.55. The lowest BCUT2D eigenvalue weighted by atomic mass is 9.88. The Morgan fingerprint density at radius 2 is 1.46 bits per heavy atom. The number of aldehydes is 1. The summed E-state index contributed by atoms with van der Waals surface area (Å²) >= 11 is 0. The van der Waals surface area contributed by atoms with Gasteiger partial charge in [0.15, 0.2) is 0 Å². The molecule has 0 N–H and O–H groups in total. The number of carbonyl (C=O) groups is 1. The van der Waals surface area contributed by atoms with Gasteiger partial charge in [0.05, 0.1) is 0 Å². The van der Waals surface area contributed by atoms with E-state index in [9.17, 15) is 4.79 Å². The van der Waals surface area contributed by atoms with E-state index in [1.807, 2.05) is 0 Å². The van der Waals surface area contributed by atoms with Crippen LogP contribution in [0.2, 0.25) is 0 Å². The highest BCUT2D eigenvalue weighted by molar-refractivity contribution is 5.49. The summed E-state index contributed by atoms with van der Waals surface area (Å²) in [4.78, 5) is 13.2. The van der Waals surface area contributed by atoms with Gasteiger partial charge in [0.25, 0.3) is 0 Å². The Kier molecular flexibility index (Phi) is 6.20. The zero-order valence-corrected chi connectivity index (χ0v) is 14.3. The van der Waals surface area contributed by atoms with Crippen molar-refractivity contribution in [3.63, 3.8) is 0 Å². The van der Waals surface area contributed by atoms with Crippen molar-refractivity contribution in [1.29, 1.82) is 0 Å². The first-order valence-corrected chi connectivity index (χ1v) is 9.12. The summed E-state index contributed by atoms with van der Waals surface area (Å²) in [6, 6.07) is 21.7. The first kappa shape index (κ1) is 16.9. The van der Waals surface area contributed by atoms with Crippen molar-refractivity contribution in [1.82, 2.24) is 4.90 Å². The van der Waals surface area contributed by atoms with Crippen LogP contribution in [0.1, 0.15) is 42.7 Å². The molecular formula is C22H27NO. The topological polar surface area (TPSA) is 20.3 Å². The van der Waals surface area contributed by atoms with E-state index in [1.165, 1.54) is 24.0 Å². The van der Waals surface area contributed by atoms with Crippen LogP contribution in [0.4, 0.5) is 0 Å². The average molecular weight is 321 g/mol. The third-order valence-corrected chi connectivity index (χ3v) is 5.27. The Balaban J connectivity index is 1.62. The predicted molar refractivity (Wildman–Crippen MR) is 99.2 cm³/mol. The number of carbonyl (C=O) groups excluding carboxylic acids is 1. The van der Waals surface area contributed by atoms with Gasteiger partial charge >= 0.3 is 0 Å². The molecule has 24 heavy (non-hydrogen) atoms. The highest BCUT2D eigenvalue weighted by Gasteiger charge is 2.20. The largest absolute Gasteiger partial charge is 0.303 e. The number of nitrogens with zero attached hydrogens (tertiary/aromatic N) is 1. The Morgan fingerprint density at radius 1 is 0.917 bits per heavy atom. The lowest BCUT2D eigenvalue weighted by Crippen LogP contribution is -2.35. The Labute approximate surface area is 145 Å². The van der Waals surface area contributed by atoms with E-state index in [2.05, 4.69) is 65.6 Å². The minimum atomic E-state index is 0.458. The van der Waals surface area contributed by atoms with Gasteiger partial charge in [-0.2, -0.15) is 0 Å². The van der Waals surface area contributed by atoms with Crippen LogP contribution in [0.3, 0.4) is 0 Å². The molecule has 0 radical (unpaired) electrons. The standard InChI is InChI=1S/C22H27NO/c24-18-14-19-11-15-23(16-12-19)17-13-22(20-7-3-1-4-8-20)21-9-5-2-6-10-21/h1-10,18-19,22H,11-17H2. The van der Waals surface area contributed by atoms with Crippen LogP contribution in [0.25, 0.3) is 0 Å². The molecule has 2 aromatic rings. The average Bonchev–Trinajstić information content (AvgIpc) is 2.65. The Bertz CT molecular complexity index is 563. The van der Waals surface area contributed by atoms with Crippen LogP contribution in [-0.2, 0) is 4.79 Å². The molecule has 0 amide bonds. The highest BCUT2D eigenvalue weighted by atomic mass is 16.1. The van der Waals surface area contributed by atoms with Crippen LogP contribution in [0, 0.1) is 5.92 Å². The number of hydrogen-bond donors (Lipinski definition) is 0. The molecule has 0 saturated carbocycles. The zero-order chi connectivity index (χ0) is 16.6. The predicted octanol–water partition coefficient (Wildman–Crippen LogP) is 4.51. The Hall–Kier alpha value is -1.93. The zero-order valence-electron chi connectivity index (χ0n) is 14.3. The van der Waals surface area contributed by atoms with Gasteiger partial charge in [0.1, 0.15) is 6.29 Å². The van der Waals surface area contributed by atoms with Crippen LogP contribution in [0.5, 0.6) is 0 Å². The molecule has 2 nitrogen and oxygen atoms in total. The number of rotatable bonds is 7. The van der Waals surface area contributed by atoms with Gasteiger partial charge in [-0.05, 0) is 55.9 Å². The quantitative estimate of drug-likeness (QED) is 0.699. The molecule has 1 aliphatic heterocycles. The van der Waals surface area contributed by atoms with Crippen LogP contribution < -0.4 is 0 Å².